The van der Waals surface area contributed by atoms with Gasteiger partial charge in [-0.2, -0.15) is 0 Å². The number of nitrogens with one attached hydrogen (secondary N) is 1. The van der Waals surface area contributed by atoms with Gasteiger partial charge in [0.2, 0.25) is 0 Å². The van der Waals surface area contributed by atoms with E-state index in [1.54, 1.807) is 6.21 Å². The van der Waals surface area contributed by atoms with Crippen LogP contribution < -0.4 is 0 Å². The van der Waals surface area contributed by atoms with Crippen molar-refractivity contribution in [3.05, 3.63) is 35.0 Å². The number of nitrogens with zero attached hydrogens (tertiary/aromatic N) is 1. The zero-order chi connectivity index (χ0) is 18.0. The Morgan fingerprint density at radius 1 is 1.52 bits per heavy atom. The number of benzene rings is 1. The minimum absolute atomic E-state index is 0.168. The summed E-state index contributed by atoms with van der Waals surface area (Å²) in [5.41, 5.74) is 4.55. The van der Waals surface area contributed by atoms with Crippen LogP contribution in [0.3, 0.4) is 0 Å². The molecule has 0 bridgehead atoms. The van der Waals surface area contributed by atoms with Crippen molar-refractivity contribution < 1.29 is 14.7 Å². The second-order valence-corrected chi connectivity index (χ2v) is 7.07. The molecular formula is C20H26N2O3. The normalized spacial score (nSPS) is 23.1. The topological polar surface area (TPSA) is 74.7 Å². The summed E-state index contributed by atoms with van der Waals surface area (Å²) >= 11 is 0. The van der Waals surface area contributed by atoms with Gasteiger partial charge in [-0.05, 0) is 49.7 Å². The van der Waals surface area contributed by atoms with Crippen LogP contribution in [0.4, 0.5) is 0 Å². The van der Waals surface area contributed by atoms with E-state index in [-0.39, 0.29) is 11.4 Å². The molecule has 1 aromatic carbocycles. The highest BCUT2D eigenvalue weighted by Gasteiger charge is 2.42. The molecule has 2 atom stereocenters. The van der Waals surface area contributed by atoms with Gasteiger partial charge in [0.05, 0.1) is 13.5 Å². The van der Waals surface area contributed by atoms with Gasteiger partial charge in [-0.25, -0.2) is 0 Å². The molecule has 2 aromatic rings. The fourth-order valence-corrected chi connectivity index (χ4v) is 4.36. The third-order valence-corrected chi connectivity index (χ3v) is 5.85. The molecule has 3 rings (SSSR count). The van der Waals surface area contributed by atoms with Crippen molar-refractivity contribution in [1.82, 2.24) is 4.98 Å². The van der Waals surface area contributed by atoms with Crippen molar-refractivity contribution in [1.29, 1.82) is 0 Å². The molecular weight excluding hydrogens is 316 g/mol. The molecule has 5 nitrogen and oxygen atoms in total. The molecule has 5 heteroatoms. The molecule has 0 aliphatic heterocycles. The van der Waals surface area contributed by atoms with Gasteiger partial charge in [-0.3, -0.25) is 4.79 Å². The fourth-order valence-electron chi connectivity index (χ4n) is 4.36. The Hall–Kier alpha value is -2.30. The van der Waals surface area contributed by atoms with E-state index in [9.17, 15) is 4.79 Å². The maximum atomic E-state index is 12.1. The molecule has 0 spiro atoms. The van der Waals surface area contributed by atoms with Gasteiger partial charge in [0.15, 0.2) is 0 Å². The Morgan fingerprint density at radius 2 is 2.32 bits per heavy atom. The number of aryl methyl sites for hydroxylation is 1. The van der Waals surface area contributed by atoms with E-state index in [0.717, 1.165) is 30.5 Å². The van der Waals surface area contributed by atoms with Gasteiger partial charge in [-0.15, -0.1) is 5.16 Å². The average Bonchev–Trinajstić information content (AvgIpc) is 3.03. The van der Waals surface area contributed by atoms with Gasteiger partial charge >= 0.3 is 5.97 Å². The van der Waals surface area contributed by atoms with Crippen LogP contribution in [0.15, 0.2) is 23.4 Å². The SMILES string of the molecule is CC[C@@]1(CC(=O)OC)CC[C@H](CC=NO)c2c1[nH]c1c(C)cccc21. The molecule has 1 heterocycles. The minimum atomic E-state index is -0.221. The third kappa shape index (κ3) is 2.92. The molecule has 134 valence electrons. The van der Waals surface area contributed by atoms with E-state index in [1.165, 1.54) is 23.6 Å². The van der Waals surface area contributed by atoms with E-state index in [4.69, 9.17) is 9.94 Å². The van der Waals surface area contributed by atoms with Crippen LogP contribution in [0.2, 0.25) is 0 Å². The zero-order valence-electron chi connectivity index (χ0n) is 15.1. The lowest BCUT2D eigenvalue weighted by atomic mass is 9.65. The van der Waals surface area contributed by atoms with E-state index in [2.05, 4.69) is 42.2 Å². The first kappa shape index (κ1) is 17.5. The highest BCUT2D eigenvalue weighted by atomic mass is 16.5. The highest BCUT2D eigenvalue weighted by Crippen LogP contribution is 2.50. The largest absolute Gasteiger partial charge is 0.469 e. The van der Waals surface area contributed by atoms with Crippen LogP contribution in [0.5, 0.6) is 0 Å². The van der Waals surface area contributed by atoms with E-state index in [0.29, 0.717) is 18.8 Å². The van der Waals surface area contributed by atoms with Crippen molar-refractivity contribution in [2.75, 3.05) is 7.11 Å². The predicted molar refractivity (Wildman–Crippen MR) is 98.5 cm³/mol. The number of aromatic amines is 1. The second kappa shape index (κ2) is 6.90. The number of fused-ring (bicyclic) bond motifs is 3. The minimum Gasteiger partial charge on any atom is -0.469 e. The first-order valence-corrected chi connectivity index (χ1v) is 8.90. The molecule has 0 fully saturated rings. The molecule has 0 amide bonds. The number of hydrogen-bond acceptors (Lipinski definition) is 4. The zero-order valence-corrected chi connectivity index (χ0v) is 15.1. The summed E-state index contributed by atoms with van der Waals surface area (Å²) in [6.45, 7) is 4.24. The molecule has 25 heavy (non-hydrogen) atoms. The van der Waals surface area contributed by atoms with Crippen LogP contribution in [-0.4, -0.2) is 29.5 Å². The summed E-state index contributed by atoms with van der Waals surface area (Å²) in [4.78, 5) is 15.7. The van der Waals surface area contributed by atoms with E-state index in [1.807, 2.05) is 0 Å². The molecule has 0 unspecified atom stereocenters. The standard InChI is InChI=1S/C20H26N2O3/c1-4-20(12-16(23)25-3)10-8-14(9-11-21-24)17-15-7-5-6-13(2)18(15)22-19(17)20/h5-7,11,14,22,24H,4,8-10,12H2,1-3H3/t14-,20+/m1/s1. The number of carbonyl (C=O) groups is 1. The number of aromatic nitrogens is 1. The predicted octanol–water partition coefficient (Wildman–Crippen LogP) is 4.41. The summed E-state index contributed by atoms with van der Waals surface area (Å²) in [6, 6.07) is 6.32. The third-order valence-electron chi connectivity index (χ3n) is 5.85. The maximum Gasteiger partial charge on any atom is 0.306 e. The number of carbonyl (C=O) groups excluding carboxylic acids is 1. The maximum absolute atomic E-state index is 12.1. The Morgan fingerprint density at radius 3 is 3.00 bits per heavy atom. The Kier molecular flexibility index (Phi) is 4.84. The van der Waals surface area contributed by atoms with Crippen molar-refractivity contribution >= 4 is 23.1 Å². The lowest BCUT2D eigenvalue weighted by Gasteiger charge is -2.39. The summed E-state index contributed by atoms with van der Waals surface area (Å²) < 4.78 is 4.98. The van der Waals surface area contributed by atoms with Crippen molar-refractivity contribution in [3.63, 3.8) is 0 Å². The Balaban J connectivity index is 2.20. The number of ether oxygens (including phenoxy) is 1. The monoisotopic (exact) mass is 342 g/mol. The van der Waals surface area contributed by atoms with Gasteiger partial charge in [0, 0.05) is 28.2 Å². The van der Waals surface area contributed by atoms with Crippen molar-refractivity contribution in [2.45, 2.75) is 57.3 Å². The first-order valence-electron chi connectivity index (χ1n) is 8.90. The van der Waals surface area contributed by atoms with Gasteiger partial charge in [0.1, 0.15) is 0 Å². The smallest absolute Gasteiger partial charge is 0.306 e. The van der Waals surface area contributed by atoms with Crippen LogP contribution in [0.25, 0.3) is 10.9 Å². The lowest BCUT2D eigenvalue weighted by Crippen LogP contribution is -2.35. The number of para-hydroxylation sites is 1. The molecule has 1 aliphatic carbocycles. The Labute approximate surface area is 148 Å². The summed E-state index contributed by atoms with van der Waals surface area (Å²) in [5, 5.41) is 13.3. The molecule has 1 aliphatic rings. The Bertz CT molecular complexity index is 809. The van der Waals surface area contributed by atoms with Gasteiger partial charge in [-0.1, -0.05) is 25.1 Å². The fraction of sp³-hybridized carbons (Fsp3) is 0.500. The summed E-state index contributed by atoms with van der Waals surface area (Å²) in [6.07, 6.45) is 5.42. The van der Waals surface area contributed by atoms with E-state index < -0.39 is 0 Å². The first-order chi connectivity index (χ1) is 12.1. The average molecular weight is 342 g/mol. The number of esters is 1. The quantitative estimate of drug-likeness (QED) is 0.366. The second-order valence-electron chi connectivity index (χ2n) is 7.07. The molecule has 0 saturated heterocycles. The van der Waals surface area contributed by atoms with Crippen LogP contribution in [0, 0.1) is 6.92 Å². The highest BCUT2D eigenvalue weighted by molar-refractivity contribution is 5.89. The number of H-pyrrole nitrogens is 1. The summed E-state index contributed by atoms with van der Waals surface area (Å²) in [7, 11) is 1.45. The van der Waals surface area contributed by atoms with E-state index >= 15 is 0 Å². The lowest BCUT2D eigenvalue weighted by molar-refractivity contribution is -0.142. The molecule has 1 aromatic heterocycles. The molecule has 2 N–H and O–H groups in total. The van der Waals surface area contributed by atoms with Gasteiger partial charge < -0.3 is 14.9 Å². The molecule has 0 saturated carbocycles. The van der Waals surface area contributed by atoms with Crippen molar-refractivity contribution in [2.24, 2.45) is 5.16 Å². The number of rotatable bonds is 5. The summed E-state index contributed by atoms with van der Waals surface area (Å²) in [5.74, 6) is 0.123. The van der Waals surface area contributed by atoms with Crippen molar-refractivity contribution in [3.8, 4) is 0 Å². The number of methoxy groups -OCH3 is 1. The van der Waals surface area contributed by atoms with Crippen LogP contribution >= 0.6 is 0 Å². The van der Waals surface area contributed by atoms with Crippen LogP contribution in [0.1, 0.15) is 61.8 Å². The number of hydrogen-bond donors (Lipinski definition) is 2. The van der Waals surface area contributed by atoms with Gasteiger partial charge in [0.25, 0.3) is 0 Å². The molecule has 0 radical (unpaired) electrons. The van der Waals surface area contributed by atoms with Crippen LogP contribution in [-0.2, 0) is 14.9 Å². The number of oxime groups is 1.